The molecular weight excluding hydrogens is 453 g/mol. The van der Waals surface area contributed by atoms with Crippen LogP contribution in [0.5, 0.6) is 0 Å². The first-order valence-corrected chi connectivity index (χ1v) is 10.7. The fraction of sp³-hybridized carbons (Fsp3) is 0.375. The molecule has 1 saturated heterocycles. The average molecular weight is 476 g/mol. The van der Waals surface area contributed by atoms with Crippen LogP contribution >= 0.6 is 0 Å². The zero-order chi connectivity index (χ0) is 24.7. The number of rotatable bonds is 5. The number of alkyl carbamates (subject to hydrolysis) is 1. The van der Waals surface area contributed by atoms with E-state index in [1.165, 1.54) is 6.92 Å². The molecule has 34 heavy (non-hydrogen) atoms. The summed E-state index contributed by atoms with van der Waals surface area (Å²) in [6.07, 6.45) is -6.44. The number of nitrogens with zero attached hydrogens (tertiary/aromatic N) is 1. The predicted octanol–water partition coefficient (Wildman–Crippen LogP) is 3.78. The van der Waals surface area contributed by atoms with Crippen molar-refractivity contribution in [3.05, 3.63) is 59.7 Å². The minimum Gasteiger partial charge on any atom is -0.481 e. The molecule has 0 aromatic heterocycles. The summed E-state index contributed by atoms with van der Waals surface area (Å²) in [5, 5.41) is 10.9. The van der Waals surface area contributed by atoms with Gasteiger partial charge in [0.2, 0.25) is 6.04 Å². The molecule has 2 atom stereocenters. The van der Waals surface area contributed by atoms with Crippen LogP contribution in [0.2, 0.25) is 0 Å². The maximum Gasteiger partial charge on any atom is 0.417 e. The maximum absolute atomic E-state index is 13.6. The summed E-state index contributed by atoms with van der Waals surface area (Å²) in [6, 6.07) is 12.2. The van der Waals surface area contributed by atoms with E-state index in [0.29, 0.717) is 0 Å². The van der Waals surface area contributed by atoms with E-state index in [1.54, 1.807) is 5.32 Å². The molecule has 0 spiro atoms. The molecule has 7 nitrogen and oxygen atoms in total. The van der Waals surface area contributed by atoms with Crippen LogP contribution in [-0.4, -0.2) is 59.9 Å². The number of likely N-dealkylation sites (tertiary alicyclic amines) is 1. The van der Waals surface area contributed by atoms with Gasteiger partial charge in [-0.2, -0.15) is 13.2 Å². The molecule has 10 heteroatoms. The molecule has 1 heterocycles. The number of carbonyl (C=O) groups excluding carboxylic acids is 2. The van der Waals surface area contributed by atoms with Crippen LogP contribution in [0.25, 0.3) is 11.1 Å². The monoisotopic (exact) mass is 476 g/mol. The van der Waals surface area contributed by atoms with Gasteiger partial charge < -0.3 is 20.1 Å². The Kier molecular flexibility index (Phi) is 6.01. The number of carboxylic acids is 1. The number of nitrogens with one attached hydrogen (secondary N) is 1. The van der Waals surface area contributed by atoms with Crippen LogP contribution in [0.4, 0.5) is 18.0 Å². The summed E-state index contributed by atoms with van der Waals surface area (Å²) < 4.78 is 46.1. The van der Waals surface area contributed by atoms with Crippen LogP contribution < -0.4 is 5.32 Å². The van der Waals surface area contributed by atoms with Gasteiger partial charge in [-0.15, -0.1) is 0 Å². The number of hydrogen-bond donors (Lipinski definition) is 2. The van der Waals surface area contributed by atoms with Crippen molar-refractivity contribution in [2.45, 2.75) is 31.5 Å². The van der Waals surface area contributed by atoms with E-state index in [0.717, 1.165) is 27.2 Å². The van der Waals surface area contributed by atoms with E-state index in [-0.39, 0.29) is 32.0 Å². The van der Waals surface area contributed by atoms with E-state index >= 15 is 0 Å². The van der Waals surface area contributed by atoms with Gasteiger partial charge in [-0.3, -0.25) is 9.59 Å². The Hall–Kier alpha value is -3.56. The Labute approximate surface area is 193 Å². The van der Waals surface area contributed by atoms with Crippen molar-refractivity contribution in [1.29, 1.82) is 0 Å². The van der Waals surface area contributed by atoms with Gasteiger partial charge in [-0.05, 0) is 35.6 Å². The van der Waals surface area contributed by atoms with Crippen molar-refractivity contribution >= 4 is 18.0 Å². The summed E-state index contributed by atoms with van der Waals surface area (Å²) in [4.78, 5) is 37.1. The summed E-state index contributed by atoms with van der Waals surface area (Å²) in [6.45, 7) is 0.629. The number of ether oxygens (including phenoxy) is 1. The van der Waals surface area contributed by atoms with Crippen LogP contribution in [0.15, 0.2) is 48.5 Å². The Balaban J connectivity index is 1.45. The second kappa shape index (κ2) is 8.66. The highest BCUT2D eigenvalue weighted by Gasteiger charge is 2.51. The minimum atomic E-state index is -5.08. The number of alkyl halides is 3. The third-order valence-corrected chi connectivity index (χ3v) is 6.48. The smallest absolute Gasteiger partial charge is 0.417 e. The number of halogens is 3. The van der Waals surface area contributed by atoms with E-state index < -0.39 is 35.6 Å². The SMILES string of the molecule is CC1(C(=O)O)CCN(C(=O)C(NC(=O)OCC2c3ccccc3-c3ccccc32)C(F)(F)F)C1. The van der Waals surface area contributed by atoms with E-state index in [1.807, 2.05) is 48.5 Å². The molecule has 1 fully saturated rings. The molecule has 2 unspecified atom stereocenters. The molecule has 2 amide bonds. The van der Waals surface area contributed by atoms with Crippen LogP contribution in [0.1, 0.15) is 30.4 Å². The number of amides is 2. The fourth-order valence-electron chi connectivity index (χ4n) is 4.55. The molecule has 180 valence electrons. The number of fused-ring (bicyclic) bond motifs is 3. The molecule has 4 rings (SSSR count). The Morgan fingerprint density at radius 2 is 1.68 bits per heavy atom. The van der Waals surface area contributed by atoms with Gasteiger partial charge in [0, 0.05) is 19.0 Å². The Morgan fingerprint density at radius 1 is 1.12 bits per heavy atom. The number of hydrogen-bond acceptors (Lipinski definition) is 4. The van der Waals surface area contributed by atoms with E-state index in [2.05, 4.69) is 0 Å². The lowest BCUT2D eigenvalue weighted by atomic mass is 9.90. The fourth-order valence-corrected chi connectivity index (χ4v) is 4.55. The summed E-state index contributed by atoms with van der Waals surface area (Å²) in [5.74, 6) is -2.96. The first kappa shape index (κ1) is 23.6. The molecule has 0 bridgehead atoms. The first-order chi connectivity index (χ1) is 16.0. The molecular formula is C24H23F3N2O5. The Morgan fingerprint density at radius 3 is 2.18 bits per heavy atom. The van der Waals surface area contributed by atoms with Gasteiger partial charge >= 0.3 is 18.2 Å². The van der Waals surface area contributed by atoms with Crippen LogP contribution in [-0.2, 0) is 14.3 Å². The zero-order valence-corrected chi connectivity index (χ0v) is 18.3. The summed E-state index contributed by atoms with van der Waals surface area (Å²) in [5.41, 5.74) is 2.38. The lowest BCUT2D eigenvalue weighted by Crippen LogP contribution is -2.56. The third-order valence-electron chi connectivity index (χ3n) is 6.48. The van der Waals surface area contributed by atoms with Gasteiger partial charge in [-0.25, -0.2) is 4.79 Å². The number of carboxylic acid groups (broad SMARTS) is 1. The normalized spacial score (nSPS) is 20.4. The number of carbonyl (C=O) groups is 3. The third kappa shape index (κ3) is 4.32. The van der Waals surface area contributed by atoms with Gasteiger partial charge in [-0.1, -0.05) is 48.5 Å². The zero-order valence-electron chi connectivity index (χ0n) is 18.3. The van der Waals surface area contributed by atoms with E-state index in [4.69, 9.17) is 4.74 Å². The topological polar surface area (TPSA) is 95.9 Å². The minimum absolute atomic E-state index is 0.0175. The van der Waals surface area contributed by atoms with Crippen molar-refractivity contribution in [3.8, 4) is 11.1 Å². The van der Waals surface area contributed by atoms with Crippen molar-refractivity contribution < 1.29 is 37.4 Å². The molecule has 2 N–H and O–H groups in total. The summed E-state index contributed by atoms with van der Waals surface area (Å²) >= 11 is 0. The maximum atomic E-state index is 13.6. The van der Waals surface area contributed by atoms with Gasteiger partial charge in [0.25, 0.3) is 5.91 Å². The first-order valence-electron chi connectivity index (χ1n) is 10.7. The molecule has 0 radical (unpaired) electrons. The van der Waals surface area contributed by atoms with Crippen LogP contribution in [0.3, 0.4) is 0 Å². The lowest BCUT2D eigenvalue weighted by Gasteiger charge is -2.27. The van der Waals surface area contributed by atoms with Crippen LogP contribution in [0, 0.1) is 5.41 Å². The summed E-state index contributed by atoms with van der Waals surface area (Å²) in [7, 11) is 0. The second-order valence-corrected chi connectivity index (χ2v) is 8.82. The molecule has 0 saturated carbocycles. The predicted molar refractivity (Wildman–Crippen MR) is 115 cm³/mol. The second-order valence-electron chi connectivity index (χ2n) is 8.82. The van der Waals surface area contributed by atoms with Gasteiger partial charge in [0.1, 0.15) is 6.61 Å². The lowest BCUT2D eigenvalue weighted by molar-refractivity contribution is -0.174. The highest BCUT2D eigenvalue weighted by Crippen LogP contribution is 2.44. The van der Waals surface area contributed by atoms with Crippen molar-refractivity contribution in [3.63, 3.8) is 0 Å². The molecule has 1 aliphatic carbocycles. The van der Waals surface area contributed by atoms with E-state index in [9.17, 15) is 32.7 Å². The van der Waals surface area contributed by atoms with Crippen molar-refractivity contribution in [2.24, 2.45) is 5.41 Å². The standard InChI is InChI=1S/C24H23F3N2O5/c1-23(21(31)32)10-11-29(13-23)20(30)19(24(25,26)27)28-22(33)34-12-18-16-8-4-2-6-14(16)15-7-3-5-9-17(15)18/h2-9,18-19H,10-13H2,1H3,(H,28,33)(H,31,32). The molecule has 1 aliphatic heterocycles. The molecule has 2 aromatic rings. The largest absolute Gasteiger partial charge is 0.481 e. The number of aliphatic carboxylic acids is 1. The average Bonchev–Trinajstić information content (AvgIpc) is 3.34. The number of benzene rings is 2. The van der Waals surface area contributed by atoms with Crippen molar-refractivity contribution in [2.75, 3.05) is 19.7 Å². The Bertz CT molecular complexity index is 1090. The highest BCUT2D eigenvalue weighted by atomic mass is 19.4. The highest BCUT2D eigenvalue weighted by molar-refractivity contribution is 5.88. The van der Waals surface area contributed by atoms with Gasteiger partial charge in [0.05, 0.1) is 5.41 Å². The van der Waals surface area contributed by atoms with Crippen molar-refractivity contribution in [1.82, 2.24) is 10.2 Å². The van der Waals surface area contributed by atoms with Gasteiger partial charge in [0.15, 0.2) is 0 Å². The quantitative estimate of drug-likeness (QED) is 0.685. The molecule has 2 aliphatic rings. The molecule has 2 aromatic carbocycles.